The fourth-order valence-electron chi connectivity index (χ4n) is 2.62. The number of carbonyl (C=O) groups excluding carboxylic acids is 1. The third-order valence-corrected chi connectivity index (χ3v) is 4.63. The number of rotatable bonds is 6. The van der Waals surface area contributed by atoms with Gasteiger partial charge in [-0.2, -0.15) is 5.10 Å². The van der Waals surface area contributed by atoms with Gasteiger partial charge in [-0.15, -0.1) is 0 Å². The van der Waals surface area contributed by atoms with E-state index in [1.807, 2.05) is 13.8 Å². The molecule has 0 aliphatic rings. The highest BCUT2D eigenvalue weighted by Crippen LogP contribution is 2.24. The number of amides is 1. The number of nitro groups is 1. The van der Waals surface area contributed by atoms with Crippen molar-refractivity contribution in [2.75, 3.05) is 0 Å². The minimum atomic E-state index is -0.457. The van der Waals surface area contributed by atoms with Crippen LogP contribution in [-0.4, -0.2) is 26.7 Å². The molecule has 0 saturated heterocycles. The maximum atomic E-state index is 12.8. The van der Waals surface area contributed by atoms with Crippen LogP contribution in [0, 0.1) is 10.1 Å². The van der Waals surface area contributed by atoms with E-state index in [0.717, 1.165) is 6.42 Å². The van der Waals surface area contributed by atoms with Gasteiger partial charge in [0.25, 0.3) is 11.6 Å². The minimum absolute atomic E-state index is 0.00405. The lowest BCUT2D eigenvalue weighted by Gasteiger charge is -2.12. The molecule has 0 aliphatic heterocycles. The zero-order chi connectivity index (χ0) is 20.3. The Kier molecular flexibility index (Phi) is 5.75. The van der Waals surface area contributed by atoms with E-state index < -0.39 is 4.92 Å². The van der Waals surface area contributed by atoms with Gasteiger partial charge < -0.3 is 5.32 Å². The summed E-state index contributed by atoms with van der Waals surface area (Å²) in [6.45, 7) is 3.92. The Bertz CT molecular complexity index is 997. The van der Waals surface area contributed by atoms with Gasteiger partial charge in [-0.3, -0.25) is 14.9 Å². The lowest BCUT2D eigenvalue weighted by atomic mass is 10.1. The van der Waals surface area contributed by atoms with Gasteiger partial charge >= 0.3 is 0 Å². The molecule has 8 heteroatoms. The third-order valence-electron chi connectivity index (χ3n) is 4.38. The molecule has 1 N–H and O–H groups in total. The van der Waals surface area contributed by atoms with E-state index in [2.05, 4.69) is 10.4 Å². The molecule has 0 fully saturated rings. The molecule has 28 heavy (non-hydrogen) atoms. The fraction of sp³-hybridized carbons (Fsp3) is 0.200. The van der Waals surface area contributed by atoms with Crippen LogP contribution in [-0.2, 0) is 0 Å². The van der Waals surface area contributed by atoms with Gasteiger partial charge in [0.2, 0.25) is 0 Å². The molecule has 0 unspecified atom stereocenters. The number of nitrogens with zero attached hydrogens (tertiary/aromatic N) is 3. The van der Waals surface area contributed by atoms with E-state index in [4.69, 9.17) is 11.6 Å². The lowest BCUT2D eigenvalue weighted by Crippen LogP contribution is -2.33. The van der Waals surface area contributed by atoms with Crippen molar-refractivity contribution in [2.45, 2.75) is 26.3 Å². The molecule has 0 aliphatic carbocycles. The summed E-state index contributed by atoms with van der Waals surface area (Å²) in [4.78, 5) is 23.2. The monoisotopic (exact) mass is 398 g/mol. The quantitative estimate of drug-likeness (QED) is 0.484. The minimum Gasteiger partial charge on any atom is -0.348 e. The Balaban J connectivity index is 2.05. The number of benzene rings is 2. The Morgan fingerprint density at radius 1 is 1.21 bits per heavy atom. The van der Waals surface area contributed by atoms with Crippen LogP contribution in [0.1, 0.15) is 30.8 Å². The SMILES string of the molecule is CC[C@H](C)NC(=O)c1cc(-c2ccc([N+](=O)[O-])cc2)nn1-c1ccc(Cl)cc1. The molecule has 0 spiro atoms. The number of nitrogens with one attached hydrogen (secondary N) is 1. The normalized spacial score (nSPS) is 11.8. The van der Waals surface area contributed by atoms with Crippen molar-refractivity contribution in [2.24, 2.45) is 0 Å². The summed E-state index contributed by atoms with van der Waals surface area (Å²) in [6, 6.07) is 14.7. The smallest absolute Gasteiger partial charge is 0.270 e. The zero-order valence-corrected chi connectivity index (χ0v) is 16.2. The van der Waals surface area contributed by atoms with Gasteiger partial charge in [-0.1, -0.05) is 18.5 Å². The molecule has 1 amide bonds. The number of hydrogen-bond acceptors (Lipinski definition) is 4. The van der Waals surface area contributed by atoms with Crippen molar-refractivity contribution in [1.29, 1.82) is 0 Å². The first-order valence-electron chi connectivity index (χ1n) is 8.80. The zero-order valence-electron chi connectivity index (χ0n) is 15.4. The predicted octanol–water partition coefficient (Wildman–Crippen LogP) is 4.63. The molecule has 1 atom stereocenters. The summed E-state index contributed by atoms with van der Waals surface area (Å²) in [5.41, 5.74) is 2.27. The van der Waals surface area contributed by atoms with Crippen molar-refractivity contribution in [1.82, 2.24) is 15.1 Å². The van der Waals surface area contributed by atoms with Gasteiger partial charge in [-0.25, -0.2) is 4.68 Å². The van der Waals surface area contributed by atoms with Crippen LogP contribution in [0.2, 0.25) is 5.02 Å². The second-order valence-electron chi connectivity index (χ2n) is 6.39. The van der Waals surface area contributed by atoms with Crippen molar-refractivity contribution in [3.8, 4) is 16.9 Å². The summed E-state index contributed by atoms with van der Waals surface area (Å²) in [6.07, 6.45) is 0.802. The molecule has 0 saturated carbocycles. The molecular weight excluding hydrogens is 380 g/mol. The van der Waals surface area contributed by atoms with E-state index >= 15 is 0 Å². The van der Waals surface area contributed by atoms with Crippen molar-refractivity contribution in [3.05, 3.63) is 75.4 Å². The topological polar surface area (TPSA) is 90.1 Å². The Morgan fingerprint density at radius 3 is 2.43 bits per heavy atom. The highest BCUT2D eigenvalue weighted by molar-refractivity contribution is 6.30. The Hall–Kier alpha value is -3.19. The maximum absolute atomic E-state index is 12.8. The first kappa shape index (κ1) is 19.6. The number of nitro benzene ring substituents is 1. The van der Waals surface area contributed by atoms with Gasteiger partial charge in [0.15, 0.2) is 0 Å². The highest BCUT2D eigenvalue weighted by atomic mass is 35.5. The van der Waals surface area contributed by atoms with Crippen LogP contribution in [0.4, 0.5) is 5.69 Å². The fourth-order valence-corrected chi connectivity index (χ4v) is 2.74. The van der Waals surface area contributed by atoms with Crippen LogP contribution >= 0.6 is 11.6 Å². The maximum Gasteiger partial charge on any atom is 0.270 e. The predicted molar refractivity (Wildman–Crippen MR) is 108 cm³/mol. The molecule has 144 valence electrons. The first-order chi connectivity index (χ1) is 13.4. The standard InChI is InChI=1S/C20H19ClN4O3/c1-3-13(2)22-20(26)19-12-18(14-4-8-17(9-5-14)25(27)28)23-24(19)16-10-6-15(21)7-11-16/h4-13H,3H2,1-2H3,(H,22,26)/t13-/m0/s1. The lowest BCUT2D eigenvalue weighted by molar-refractivity contribution is -0.384. The van der Waals surface area contributed by atoms with Crippen LogP contribution in [0.15, 0.2) is 54.6 Å². The van der Waals surface area contributed by atoms with Crippen LogP contribution in [0.25, 0.3) is 16.9 Å². The summed E-state index contributed by atoms with van der Waals surface area (Å²) in [5.74, 6) is -0.245. The van der Waals surface area contributed by atoms with Crippen LogP contribution in [0.5, 0.6) is 0 Å². The van der Waals surface area contributed by atoms with E-state index in [1.54, 1.807) is 47.1 Å². The van der Waals surface area contributed by atoms with Gasteiger partial charge in [-0.05, 0) is 55.8 Å². The summed E-state index contributed by atoms with van der Waals surface area (Å²) in [5, 5.41) is 18.9. The van der Waals surface area contributed by atoms with E-state index in [0.29, 0.717) is 27.7 Å². The molecule has 1 aromatic heterocycles. The number of carbonyl (C=O) groups is 1. The summed E-state index contributed by atoms with van der Waals surface area (Å²) in [7, 11) is 0. The van der Waals surface area contributed by atoms with E-state index in [-0.39, 0.29) is 17.6 Å². The van der Waals surface area contributed by atoms with Gasteiger partial charge in [0.05, 0.1) is 16.3 Å². The second kappa shape index (κ2) is 8.22. The van der Waals surface area contributed by atoms with Gasteiger partial charge in [0.1, 0.15) is 5.69 Å². The van der Waals surface area contributed by atoms with Gasteiger partial charge in [0, 0.05) is 28.8 Å². The molecule has 3 aromatic rings. The molecule has 0 bridgehead atoms. The number of halogens is 1. The van der Waals surface area contributed by atoms with Crippen molar-refractivity contribution in [3.63, 3.8) is 0 Å². The van der Waals surface area contributed by atoms with E-state index in [9.17, 15) is 14.9 Å². The summed E-state index contributed by atoms with van der Waals surface area (Å²) < 4.78 is 1.55. The molecule has 0 radical (unpaired) electrons. The summed E-state index contributed by atoms with van der Waals surface area (Å²) >= 11 is 5.97. The molecule has 7 nitrogen and oxygen atoms in total. The Morgan fingerprint density at radius 2 is 1.86 bits per heavy atom. The highest BCUT2D eigenvalue weighted by Gasteiger charge is 2.19. The third kappa shape index (κ3) is 4.20. The number of aromatic nitrogens is 2. The molecule has 2 aromatic carbocycles. The van der Waals surface area contributed by atoms with Crippen molar-refractivity contribution < 1.29 is 9.72 Å². The van der Waals surface area contributed by atoms with Crippen LogP contribution < -0.4 is 5.32 Å². The molecular formula is C20H19ClN4O3. The van der Waals surface area contributed by atoms with Crippen LogP contribution in [0.3, 0.4) is 0 Å². The average molecular weight is 399 g/mol. The first-order valence-corrected chi connectivity index (χ1v) is 9.18. The number of non-ortho nitro benzene ring substituents is 1. The molecule has 1 heterocycles. The Labute approximate surface area is 167 Å². The second-order valence-corrected chi connectivity index (χ2v) is 6.83. The largest absolute Gasteiger partial charge is 0.348 e. The number of hydrogen-bond donors (Lipinski definition) is 1. The van der Waals surface area contributed by atoms with E-state index in [1.165, 1.54) is 12.1 Å². The van der Waals surface area contributed by atoms with Crippen molar-refractivity contribution >= 4 is 23.2 Å². The molecule has 3 rings (SSSR count). The average Bonchev–Trinajstić information content (AvgIpc) is 3.14.